The average molecular weight is 200 g/mol. The normalized spacial score (nSPS) is 30.6. The van der Waals surface area contributed by atoms with Crippen LogP contribution in [0.4, 0.5) is 0 Å². The van der Waals surface area contributed by atoms with Gasteiger partial charge in [0.05, 0.1) is 5.54 Å². The Morgan fingerprint density at radius 1 is 1.62 bits per heavy atom. The first-order valence-electron chi connectivity index (χ1n) is 4.77. The number of amides is 1. The van der Waals surface area contributed by atoms with E-state index >= 15 is 0 Å². The van der Waals surface area contributed by atoms with Crippen molar-refractivity contribution in [1.82, 2.24) is 4.90 Å². The molecule has 2 rings (SSSR count). The van der Waals surface area contributed by atoms with E-state index in [1.54, 1.807) is 0 Å². The SMILES string of the molecule is CSC1CCN(C(=O)C2(N)CC2)C1. The first kappa shape index (κ1) is 9.34. The van der Waals surface area contributed by atoms with E-state index in [0.717, 1.165) is 32.4 Å². The Morgan fingerprint density at radius 2 is 2.31 bits per heavy atom. The van der Waals surface area contributed by atoms with Crippen LogP contribution in [0.5, 0.6) is 0 Å². The minimum absolute atomic E-state index is 0.184. The molecule has 13 heavy (non-hydrogen) atoms. The molecule has 0 bridgehead atoms. The number of carbonyl (C=O) groups excluding carboxylic acids is 1. The van der Waals surface area contributed by atoms with Crippen molar-refractivity contribution < 1.29 is 4.79 Å². The highest BCUT2D eigenvalue weighted by Crippen LogP contribution is 2.35. The molecule has 0 aromatic carbocycles. The molecule has 2 fully saturated rings. The Bertz CT molecular complexity index is 228. The van der Waals surface area contributed by atoms with E-state index in [9.17, 15) is 4.79 Å². The minimum atomic E-state index is -0.465. The van der Waals surface area contributed by atoms with E-state index in [2.05, 4.69) is 6.26 Å². The molecule has 0 spiro atoms. The second-order valence-electron chi connectivity index (χ2n) is 4.05. The maximum atomic E-state index is 11.8. The molecule has 1 aliphatic heterocycles. The molecule has 1 unspecified atom stereocenters. The Kier molecular flexibility index (Phi) is 2.28. The first-order valence-corrected chi connectivity index (χ1v) is 6.05. The topological polar surface area (TPSA) is 46.3 Å². The fourth-order valence-corrected chi connectivity index (χ4v) is 2.44. The van der Waals surface area contributed by atoms with Crippen LogP contribution >= 0.6 is 11.8 Å². The van der Waals surface area contributed by atoms with Crippen LogP contribution in [0.2, 0.25) is 0 Å². The van der Waals surface area contributed by atoms with Gasteiger partial charge in [-0.2, -0.15) is 11.8 Å². The third-order valence-corrected chi connectivity index (χ3v) is 4.03. The maximum Gasteiger partial charge on any atom is 0.242 e. The molecule has 2 N–H and O–H groups in total. The smallest absolute Gasteiger partial charge is 0.242 e. The molecule has 1 saturated heterocycles. The minimum Gasteiger partial charge on any atom is -0.340 e. The van der Waals surface area contributed by atoms with Crippen molar-refractivity contribution in [3.8, 4) is 0 Å². The summed E-state index contributed by atoms with van der Waals surface area (Å²) in [5.41, 5.74) is 5.39. The Morgan fingerprint density at radius 3 is 2.77 bits per heavy atom. The molecule has 74 valence electrons. The maximum absolute atomic E-state index is 11.8. The summed E-state index contributed by atoms with van der Waals surface area (Å²) < 4.78 is 0. The lowest BCUT2D eigenvalue weighted by molar-refractivity contribution is -0.132. The zero-order chi connectivity index (χ0) is 9.47. The fraction of sp³-hybridized carbons (Fsp3) is 0.889. The van der Waals surface area contributed by atoms with Gasteiger partial charge in [0.15, 0.2) is 0 Å². The number of likely N-dealkylation sites (tertiary alicyclic amines) is 1. The lowest BCUT2D eigenvalue weighted by Gasteiger charge is -2.19. The van der Waals surface area contributed by atoms with Crippen molar-refractivity contribution >= 4 is 17.7 Å². The average Bonchev–Trinajstić information content (AvgIpc) is 2.71. The highest BCUT2D eigenvalue weighted by Gasteiger charge is 2.49. The summed E-state index contributed by atoms with van der Waals surface area (Å²) in [6, 6.07) is 0. The molecular formula is C9H16N2OS. The molecule has 4 heteroatoms. The van der Waals surface area contributed by atoms with E-state index < -0.39 is 5.54 Å². The van der Waals surface area contributed by atoms with Gasteiger partial charge in [0.1, 0.15) is 0 Å². The van der Waals surface area contributed by atoms with Gasteiger partial charge in [0.25, 0.3) is 0 Å². The number of carbonyl (C=O) groups is 1. The van der Waals surface area contributed by atoms with Crippen molar-refractivity contribution in [2.45, 2.75) is 30.1 Å². The Labute approximate surface area is 83.0 Å². The van der Waals surface area contributed by atoms with Crippen molar-refractivity contribution in [2.75, 3.05) is 19.3 Å². The van der Waals surface area contributed by atoms with Crippen LogP contribution in [-0.4, -0.2) is 40.9 Å². The van der Waals surface area contributed by atoms with Crippen LogP contribution in [0.3, 0.4) is 0 Å². The molecule has 1 atom stereocenters. The molecule has 1 amide bonds. The van der Waals surface area contributed by atoms with Crippen LogP contribution in [0, 0.1) is 0 Å². The van der Waals surface area contributed by atoms with Crippen LogP contribution in [0.1, 0.15) is 19.3 Å². The summed E-state index contributed by atoms with van der Waals surface area (Å²) in [5, 5.41) is 0.631. The van der Waals surface area contributed by atoms with Gasteiger partial charge in [-0.15, -0.1) is 0 Å². The Hall–Kier alpha value is -0.220. The van der Waals surface area contributed by atoms with E-state index in [1.807, 2.05) is 16.7 Å². The van der Waals surface area contributed by atoms with Gasteiger partial charge >= 0.3 is 0 Å². The van der Waals surface area contributed by atoms with Gasteiger partial charge < -0.3 is 10.6 Å². The molecular weight excluding hydrogens is 184 g/mol. The Balaban J connectivity index is 1.92. The van der Waals surface area contributed by atoms with Crippen LogP contribution in [-0.2, 0) is 4.79 Å². The van der Waals surface area contributed by atoms with Gasteiger partial charge in [0, 0.05) is 18.3 Å². The number of nitrogens with two attached hydrogens (primary N) is 1. The fourth-order valence-electron chi connectivity index (χ4n) is 1.77. The molecule has 1 aliphatic carbocycles. The quantitative estimate of drug-likeness (QED) is 0.703. The second kappa shape index (κ2) is 3.17. The van der Waals surface area contributed by atoms with Gasteiger partial charge in [-0.25, -0.2) is 0 Å². The summed E-state index contributed by atoms with van der Waals surface area (Å²) in [4.78, 5) is 13.7. The molecule has 2 aliphatic rings. The largest absolute Gasteiger partial charge is 0.340 e. The van der Waals surface area contributed by atoms with Gasteiger partial charge in [0.2, 0.25) is 5.91 Å². The number of thioether (sulfide) groups is 1. The predicted molar refractivity (Wildman–Crippen MR) is 54.7 cm³/mol. The van der Waals surface area contributed by atoms with Crippen molar-refractivity contribution in [2.24, 2.45) is 5.73 Å². The predicted octanol–water partition coefficient (Wildman–Crippen LogP) is 0.442. The highest BCUT2D eigenvalue weighted by atomic mass is 32.2. The van der Waals surface area contributed by atoms with E-state index in [-0.39, 0.29) is 5.91 Å². The monoisotopic (exact) mass is 200 g/mol. The zero-order valence-corrected chi connectivity index (χ0v) is 8.77. The third-order valence-electron chi connectivity index (χ3n) is 2.98. The number of nitrogens with zero attached hydrogens (tertiary/aromatic N) is 1. The van der Waals surface area contributed by atoms with Crippen LogP contribution in [0.25, 0.3) is 0 Å². The number of rotatable bonds is 2. The summed E-state index contributed by atoms with van der Waals surface area (Å²) in [6.45, 7) is 1.81. The van der Waals surface area contributed by atoms with Gasteiger partial charge in [-0.1, -0.05) is 0 Å². The zero-order valence-electron chi connectivity index (χ0n) is 7.95. The standard InChI is InChI=1S/C9H16N2OS/c1-13-7-2-5-11(6-7)8(12)9(10)3-4-9/h7H,2-6,10H2,1H3. The van der Waals surface area contributed by atoms with Crippen LogP contribution in [0.15, 0.2) is 0 Å². The highest BCUT2D eigenvalue weighted by molar-refractivity contribution is 7.99. The van der Waals surface area contributed by atoms with Gasteiger partial charge in [-0.05, 0) is 25.5 Å². The summed E-state index contributed by atoms with van der Waals surface area (Å²) >= 11 is 1.85. The summed E-state index contributed by atoms with van der Waals surface area (Å²) in [5.74, 6) is 0.184. The van der Waals surface area contributed by atoms with E-state index in [1.165, 1.54) is 0 Å². The summed E-state index contributed by atoms with van der Waals surface area (Å²) in [7, 11) is 0. The molecule has 0 aromatic rings. The van der Waals surface area contributed by atoms with Crippen molar-refractivity contribution in [3.63, 3.8) is 0 Å². The van der Waals surface area contributed by atoms with E-state index in [4.69, 9.17) is 5.73 Å². The number of hydrogen-bond donors (Lipinski definition) is 1. The molecule has 0 radical (unpaired) electrons. The summed E-state index contributed by atoms with van der Waals surface area (Å²) in [6.07, 6.45) is 5.00. The van der Waals surface area contributed by atoms with Crippen molar-refractivity contribution in [3.05, 3.63) is 0 Å². The van der Waals surface area contributed by atoms with E-state index in [0.29, 0.717) is 5.25 Å². The third kappa shape index (κ3) is 1.70. The molecule has 1 heterocycles. The molecule has 0 aromatic heterocycles. The second-order valence-corrected chi connectivity index (χ2v) is 5.19. The van der Waals surface area contributed by atoms with Gasteiger partial charge in [-0.3, -0.25) is 4.79 Å². The molecule has 3 nitrogen and oxygen atoms in total. The molecule has 1 saturated carbocycles. The first-order chi connectivity index (χ1) is 6.15. The number of hydrogen-bond acceptors (Lipinski definition) is 3. The lowest BCUT2D eigenvalue weighted by atomic mass is 10.2. The lowest BCUT2D eigenvalue weighted by Crippen LogP contribution is -2.44. The van der Waals surface area contributed by atoms with Crippen LogP contribution < -0.4 is 5.73 Å². The van der Waals surface area contributed by atoms with Crippen molar-refractivity contribution in [1.29, 1.82) is 0 Å².